The quantitative estimate of drug-likeness (QED) is 0.849. The fraction of sp³-hybridized carbons (Fsp3) is 0. The highest BCUT2D eigenvalue weighted by molar-refractivity contribution is 9.10. The second-order valence-electron chi connectivity index (χ2n) is 3.43. The minimum absolute atomic E-state index is 0.129. The van der Waals surface area contributed by atoms with E-state index in [1.165, 1.54) is 24.4 Å². The summed E-state index contributed by atoms with van der Waals surface area (Å²) in [7, 11) is 0. The van der Waals surface area contributed by atoms with E-state index in [2.05, 4.69) is 26.2 Å². The molecule has 2 aromatic rings. The summed E-state index contributed by atoms with van der Waals surface area (Å²) >= 11 is 8.66. The molecular formula is C12H7BrClFN2O. The van der Waals surface area contributed by atoms with E-state index in [4.69, 9.17) is 11.6 Å². The van der Waals surface area contributed by atoms with Crippen molar-refractivity contribution in [3.8, 4) is 0 Å². The van der Waals surface area contributed by atoms with Gasteiger partial charge in [0.1, 0.15) is 11.0 Å². The first-order valence-electron chi connectivity index (χ1n) is 4.95. The maximum atomic E-state index is 13.3. The smallest absolute Gasteiger partial charge is 0.256 e. The van der Waals surface area contributed by atoms with Crippen molar-refractivity contribution >= 4 is 39.1 Å². The Balaban J connectivity index is 2.22. The van der Waals surface area contributed by atoms with Crippen LogP contribution >= 0.6 is 27.5 Å². The van der Waals surface area contributed by atoms with Gasteiger partial charge >= 0.3 is 0 Å². The monoisotopic (exact) mass is 328 g/mol. The summed E-state index contributed by atoms with van der Waals surface area (Å²) in [4.78, 5) is 15.7. The number of amides is 1. The predicted octanol–water partition coefficient (Wildman–Crippen LogP) is 3.89. The fourth-order valence-electron chi connectivity index (χ4n) is 1.33. The van der Waals surface area contributed by atoms with Gasteiger partial charge in [-0.05, 0) is 40.2 Å². The third-order valence-corrected chi connectivity index (χ3v) is 3.21. The minimum atomic E-state index is -0.489. The summed E-state index contributed by atoms with van der Waals surface area (Å²) in [6, 6.07) is 7.42. The molecule has 92 valence electrons. The van der Waals surface area contributed by atoms with Crippen molar-refractivity contribution in [2.75, 3.05) is 5.32 Å². The van der Waals surface area contributed by atoms with E-state index in [0.717, 1.165) is 0 Å². The van der Waals surface area contributed by atoms with Crippen LogP contribution in [0.4, 0.5) is 10.1 Å². The van der Waals surface area contributed by atoms with E-state index >= 15 is 0 Å². The third-order valence-electron chi connectivity index (χ3n) is 2.18. The van der Waals surface area contributed by atoms with Crippen molar-refractivity contribution in [2.45, 2.75) is 0 Å². The average Bonchev–Trinajstić information content (AvgIpc) is 2.35. The fourth-order valence-corrected chi connectivity index (χ4v) is 1.88. The molecule has 0 radical (unpaired) electrons. The third kappa shape index (κ3) is 2.86. The lowest BCUT2D eigenvalue weighted by Crippen LogP contribution is -2.13. The lowest BCUT2D eigenvalue weighted by Gasteiger charge is -2.06. The number of hydrogen-bond donors (Lipinski definition) is 1. The summed E-state index contributed by atoms with van der Waals surface area (Å²) in [5.41, 5.74) is 0.700. The maximum Gasteiger partial charge on any atom is 0.256 e. The molecule has 1 N–H and O–H groups in total. The van der Waals surface area contributed by atoms with E-state index < -0.39 is 11.7 Å². The van der Waals surface area contributed by atoms with Gasteiger partial charge in [0.15, 0.2) is 0 Å². The molecule has 18 heavy (non-hydrogen) atoms. The van der Waals surface area contributed by atoms with Crippen LogP contribution in [0.5, 0.6) is 0 Å². The number of aromatic nitrogens is 1. The van der Waals surface area contributed by atoms with Crippen LogP contribution in [-0.2, 0) is 0 Å². The molecule has 0 atom stereocenters. The Labute approximate surface area is 116 Å². The molecule has 1 aromatic heterocycles. The number of carbonyl (C=O) groups excluding carboxylic acids is 1. The first kappa shape index (κ1) is 13.0. The minimum Gasteiger partial charge on any atom is -0.321 e. The average molecular weight is 330 g/mol. The molecule has 0 saturated heterocycles. The maximum absolute atomic E-state index is 13.3. The Morgan fingerprint density at radius 3 is 2.78 bits per heavy atom. The van der Waals surface area contributed by atoms with Crippen LogP contribution in [0.2, 0.25) is 5.15 Å². The molecule has 1 heterocycles. The molecule has 3 nitrogen and oxygen atoms in total. The van der Waals surface area contributed by atoms with E-state index in [9.17, 15) is 9.18 Å². The van der Waals surface area contributed by atoms with E-state index in [1.54, 1.807) is 12.1 Å². The summed E-state index contributed by atoms with van der Waals surface area (Å²) < 4.78 is 13.4. The molecular weight excluding hydrogens is 322 g/mol. The second kappa shape index (κ2) is 5.46. The highest BCUT2D eigenvalue weighted by Crippen LogP contribution is 2.21. The van der Waals surface area contributed by atoms with Gasteiger partial charge in [-0.1, -0.05) is 17.7 Å². The van der Waals surface area contributed by atoms with Crippen LogP contribution in [0.25, 0.3) is 0 Å². The number of nitrogens with zero attached hydrogens (tertiary/aromatic N) is 1. The lowest BCUT2D eigenvalue weighted by atomic mass is 10.2. The van der Waals surface area contributed by atoms with Gasteiger partial charge in [-0.15, -0.1) is 0 Å². The van der Waals surface area contributed by atoms with Crippen molar-refractivity contribution < 1.29 is 9.18 Å². The van der Waals surface area contributed by atoms with Gasteiger partial charge in [0, 0.05) is 0 Å². The van der Waals surface area contributed by atoms with Crippen molar-refractivity contribution in [2.24, 2.45) is 0 Å². The number of nitrogens with one attached hydrogen (secondary N) is 1. The van der Waals surface area contributed by atoms with Gasteiger partial charge in [-0.25, -0.2) is 9.37 Å². The number of anilines is 1. The van der Waals surface area contributed by atoms with E-state index in [0.29, 0.717) is 10.8 Å². The molecule has 0 fully saturated rings. The molecule has 0 aliphatic rings. The van der Waals surface area contributed by atoms with Gasteiger partial charge in [-0.2, -0.15) is 0 Å². The number of hydrogen-bond acceptors (Lipinski definition) is 2. The molecule has 1 aromatic carbocycles. The van der Waals surface area contributed by atoms with Gasteiger partial charge in [0.05, 0.1) is 21.9 Å². The molecule has 1 amide bonds. The summed E-state index contributed by atoms with van der Waals surface area (Å²) in [5.74, 6) is -0.914. The first-order chi connectivity index (χ1) is 8.58. The highest BCUT2D eigenvalue weighted by atomic mass is 79.9. The van der Waals surface area contributed by atoms with Crippen LogP contribution in [0.1, 0.15) is 10.4 Å². The molecule has 0 aliphatic heterocycles. The van der Waals surface area contributed by atoms with Gasteiger partial charge in [-0.3, -0.25) is 4.79 Å². The van der Waals surface area contributed by atoms with E-state index in [-0.39, 0.29) is 10.0 Å². The molecule has 0 saturated carbocycles. The van der Waals surface area contributed by atoms with Crippen molar-refractivity contribution in [3.05, 3.63) is 57.5 Å². The summed E-state index contributed by atoms with van der Waals surface area (Å²) in [5, 5.41) is 2.93. The number of rotatable bonds is 2. The number of carbonyl (C=O) groups is 1. The zero-order valence-corrected chi connectivity index (χ0v) is 11.3. The number of halogens is 3. The summed E-state index contributed by atoms with van der Waals surface area (Å²) in [6.45, 7) is 0. The Morgan fingerprint density at radius 2 is 2.11 bits per heavy atom. The molecule has 0 aliphatic carbocycles. The van der Waals surface area contributed by atoms with E-state index in [1.807, 2.05) is 0 Å². The molecule has 0 unspecified atom stereocenters. The number of pyridine rings is 1. The molecule has 6 heteroatoms. The predicted molar refractivity (Wildman–Crippen MR) is 71.3 cm³/mol. The molecule has 0 spiro atoms. The first-order valence-corrected chi connectivity index (χ1v) is 6.12. The van der Waals surface area contributed by atoms with Crippen LogP contribution in [0, 0.1) is 5.82 Å². The van der Waals surface area contributed by atoms with Crippen LogP contribution < -0.4 is 5.32 Å². The largest absolute Gasteiger partial charge is 0.321 e. The van der Waals surface area contributed by atoms with Gasteiger partial charge in [0.25, 0.3) is 5.91 Å². The zero-order chi connectivity index (χ0) is 13.1. The van der Waals surface area contributed by atoms with Crippen LogP contribution in [-0.4, -0.2) is 10.9 Å². The Morgan fingerprint density at radius 1 is 1.33 bits per heavy atom. The second-order valence-corrected chi connectivity index (χ2v) is 4.61. The Hall–Kier alpha value is -1.46. The zero-order valence-electron chi connectivity index (χ0n) is 8.95. The Kier molecular flexibility index (Phi) is 3.93. The van der Waals surface area contributed by atoms with Gasteiger partial charge < -0.3 is 5.32 Å². The van der Waals surface area contributed by atoms with Crippen molar-refractivity contribution in [1.82, 2.24) is 4.98 Å². The summed E-state index contributed by atoms with van der Waals surface area (Å²) in [6.07, 6.45) is 1.42. The van der Waals surface area contributed by atoms with Crippen molar-refractivity contribution in [1.29, 1.82) is 0 Å². The molecule has 0 bridgehead atoms. The normalized spacial score (nSPS) is 10.2. The van der Waals surface area contributed by atoms with Crippen molar-refractivity contribution in [3.63, 3.8) is 0 Å². The van der Waals surface area contributed by atoms with Crippen LogP contribution in [0.15, 0.2) is 41.0 Å². The SMILES string of the molecule is O=C(Nc1ccc(Cl)nc1)c1cccc(F)c1Br. The topological polar surface area (TPSA) is 42.0 Å². The standard InChI is InChI=1S/C12H7BrClFN2O/c13-11-8(2-1-3-9(11)15)12(18)17-7-4-5-10(14)16-6-7/h1-6H,(H,17,18). The number of benzene rings is 1. The van der Waals surface area contributed by atoms with Gasteiger partial charge in [0.2, 0.25) is 0 Å². The highest BCUT2D eigenvalue weighted by Gasteiger charge is 2.13. The Bertz CT molecular complexity index is 589. The van der Waals surface area contributed by atoms with Crippen LogP contribution in [0.3, 0.4) is 0 Å². The molecule has 2 rings (SSSR count). The lowest BCUT2D eigenvalue weighted by molar-refractivity contribution is 0.102.